The second-order valence-corrected chi connectivity index (χ2v) is 6.99. The molecule has 142 valence electrons. The quantitative estimate of drug-likeness (QED) is 0.904. The molecule has 1 N–H and O–H groups in total. The van der Waals surface area contributed by atoms with Gasteiger partial charge in [-0.2, -0.15) is 0 Å². The second kappa shape index (κ2) is 8.31. The monoisotopic (exact) mass is 366 g/mol. The van der Waals surface area contributed by atoms with Gasteiger partial charge in [0.15, 0.2) is 0 Å². The largest absolute Gasteiger partial charge is 0.336 e. The van der Waals surface area contributed by atoms with Crippen molar-refractivity contribution in [3.63, 3.8) is 0 Å². The summed E-state index contributed by atoms with van der Waals surface area (Å²) in [5.74, 6) is -0.362. The maximum atomic E-state index is 12.8. The predicted molar refractivity (Wildman–Crippen MR) is 106 cm³/mol. The number of hydrogen-bond donors (Lipinski definition) is 1. The fourth-order valence-electron chi connectivity index (χ4n) is 3.38. The number of carbonyl (C=O) groups is 2. The summed E-state index contributed by atoms with van der Waals surface area (Å²) < 4.78 is 0. The molecular formula is C21H26N4O2. The van der Waals surface area contributed by atoms with Crippen molar-refractivity contribution in [3.8, 4) is 0 Å². The standard InChI is InChI=1S/C21H26N4O2/c1-4-24-7-9-25(10-8-24)21(27)17-5-6-22-19(14-17)20(26)23-18-12-15(2)11-16(3)13-18/h5-6,11-14H,4,7-10H2,1-3H3,(H,23,26). The van der Waals surface area contributed by atoms with Gasteiger partial charge in [-0.3, -0.25) is 14.6 Å². The van der Waals surface area contributed by atoms with E-state index in [1.165, 1.54) is 6.20 Å². The maximum absolute atomic E-state index is 12.8. The molecule has 6 nitrogen and oxygen atoms in total. The summed E-state index contributed by atoms with van der Waals surface area (Å²) in [6, 6.07) is 9.11. The third-order valence-corrected chi connectivity index (χ3v) is 4.83. The highest BCUT2D eigenvalue weighted by atomic mass is 16.2. The van der Waals surface area contributed by atoms with Gasteiger partial charge in [-0.05, 0) is 55.8 Å². The molecule has 1 aromatic carbocycles. The lowest BCUT2D eigenvalue weighted by molar-refractivity contribution is 0.0643. The first-order valence-electron chi connectivity index (χ1n) is 9.33. The van der Waals surface area contributed by atoms with Gasteiger partial charge in [0.25, 0.3) is 11.8 Å². The first-order valence-corrected chi connectivity index (χ1v) is 9.33. The van der Waals surface area contributed by atoms with Crippen LogP contribution in [0.3, 0.4) is 0 Å². The average Bonchev–Trinajstić information content (AvgIpc) is 2.67. The summed E-state index contributed by atoms with van der Waals surface area (Å²) in [7, 11) is 0. The van der Waals surface area contributed by atoms with Crippen molar-refractivity contribution in [3.05, 3.63) is 58.9 Å². The van der Waals surface area contributed by atoms with E-state index in [4.69, 9.17) is 0 Å². The number of likely N-dealkylation sites (N-methyl/N-ethyl adjacent to an activating group) is 1. The molecule has 27 heavy (non-hydrogen) atoms. The third-order valence-electron chi connectivity index (χ3n) is 4.83. The normalized spacial score (nSPS) is 14.9. The van der Waals surface area contributed by atoms with Crippen LogP contribution in [0.5, 0.6) is 0 Å². The summed E-state index contributed by atoms with van der Waals surface area (Å²) in [5.41, 5.74) is 3.63. The number of anilines is 1. The third kappa shape index (κ3) is 4.71. The summed E-state index contributed by atoms with van der Waals surface area (Å²) in [6.45, 7) is 10.3. The molecule has 1 saturated heterocycles. The van der Waals surface area contributed by atoms with Crippen LogP contribution in [-0.2, 0) is 0 Å². The van der Waals surface area contributed by atoms with Gasteiger partial charge in [0, 0.05) is 43.6 Å². The molecule has 1 aromatic heterocycles. The van der Waals surface area contributed by atoms with Gasteiger partial charge in [-0.15, -0.1) is 0 Å². The minimum atomic E-state index is -0.314. The van der Waals surface area contributed by atoms with Crippen LogP contribution in [0.25, 0.3) is 0 Å². The van der Waals surface area contributed by atoms with E-state index >= 15 is 0 Å². The van der Waals surface area contributed by atoms with Gasteiger partial charge in [0.2, 0.25) is 0 Å². The number of nitrogens with zero attached hydrogens (tertiary/aromatic N) is 3. The van der Waals surface area contributed by atoms with Crippen molar-refractivity contribution in [1.29, 1.82) is 0 Å². The number of rotatable bonds is 4. The molecule has 1 fully saturated rings. The number of aryl methyl sites for hydroxylation is 2. The van der Waals surface area contributed by atoms with Gasteiger partial charge >= 0.3 is 0 Å². The van der Waals surface area contributed by atoms with E-state index in [2.05, 4.69) is 22.1 Å². The molecule has 0 atom stereocenters. The Morgan fingerprint density at radius 3 is 2.33 bits per heavy atom. The van der Waals surface area contributed by atoms with E-state index in [1.54, 1.807) is 12.1 Å². The lowest BCUT2D eigenvalue weighted by Crippen LogP contribution is -2.48. The lowest BCUT2D eigenvalue weighted by Gasteiger charge is -2.34. The summed E-state index contributed by atoms with van der Waals surface area (Å²) >= 11 is 0. The zero-order valence-electron chi connectivity index (χ0n) is 16.2. The zero-order chi connectivity index (χ0) is 19.4. The highest BCUT2D eigenvalue weighted by molar-refractivity contribution is 6.04. The van der Waals surface area contributed by atoms with Crippen molar-refractivity contribution in [2.75, 3.05) is 38.0 Å². The van der Waals surface area contributed by atoms with E-state index in [9.17, 15) is 9.59 Å². The van der Waals surface area contributed by atoms with Crippen molar-refractivity contribution >= 4 is 17.5 Å². The van der Waals surface area contributed by atoms with Crippen LogP contribution in [0.1, 0.15) is 38.9 Å². The molecule has 0 bridgehead atoms. The number of aromatic nitrogens is 1. The molecule has 6 heteroatoms. The Hall–Kier alpha value is -2.73. The Morgan fingerprint density at radius 2 is 1.70 bits per heavy atom. The van der Waals surface area contributed by atoms with Crippen LogP contribution < -0.4 is 5.32 Å². The first-order chi connectivity index (χ1) is 13.0. The minimum Gasteiger partial charge on any atom is -0.336 e. The van der Waals surface area contributed by atoms with Crippen LogP contribution in [-0.4, -0.2) is 59.3 Å². The van der Waals surface area contributed by atoms with Crippen molar-refractivity contribution in [2.24, 2.45) is 0 Å². The van der Waals surface area contributed by atoms with Gasteiger partial charge in [0.1, 0.15) is 5.69 Å². The topological polar surface area (TPSA) is 65.5 Å². The number of carbonyl (C=O) groups excluding carboxylic acids is 2. The van der Waals surface area contributed by atoms with Crippen LogP contribution in [0.15, 0.2) is 36.5 Å². The molecule has 0 spiro atoms. The number of piperazine rings is 1. The van der Waals surface area contributed by atoms with Crippen LogP contribution >= 0.6 is 0 Å². The van der Waals surface area contributed by atoms with Crippen LogP contribution in [0, 0.1) is 13.8 Å². The first kappa shape index (κ1) is 19.0. The highest BCUT2D eigenvalue weighted by Crippen LogP contribution is 2.15. The maximum Gasteiger partial charge on any atom is 0.274 e. The molecule has 2 amide bonds. The van der Waals surface area contributed by atoms with Crippen LogP contribution in [0.4, 0.5) is 5.69 Å². The molecule has 3 rings (SSSR count). The van der Waals surface area contributed by atoms with Crippen molar-refractivity contribution < 1.29 is 9.59 Å². The summed E-state index contributed by atoms with van der Waals surface area (Å²) in [5, 5.41) is 2.87. The van der Waals surface area contributed by atoms with Crippen molar-refractivity contribution in [2.45, 2.75) is 20.8 Å². The van der Waals surface area contributed by atoms with Gasteiger partial charge in [0.05, 0.1) is 0 Å². The number of amides is 2. The number of benzene rings is 1. The van der Waals surface area contributed by atoms with E-state index in [-0.39, 0.29) is 17.5 Å². The molecule has 2 aromatic rings. The number of pyridine rings is 1. The summed E-state index contributed by atoms with van der Waals surface area (Å²) in [6.07, 6.45) is 1.52. The predicted octanol–water partition coefficient (Wildman–Crippen LogP) is 2.73. The number of nitrogens with one attached hydrogen (secondary N) is 1. The molecule has 2 heterocycles. The second-order valence-electron chi connectivity index (χ2n) is 6.99. The van der Waals surface area contributed by atoms with Gasteiger partial charge in [-0.25, -0.2) is 0 Å². The Morgan fingerprint density at radius 1 is 1.04 bits per heavy atom. The SMILES string of the molecule is CCN1CCN(C(=O)c2ccnc(C(=O)Nc3cc(C)cc(C)c3)c2)CC1. The van der Waals surface area contributed by atoms with Gasteiger partial charge in [-0.1, -0.05) is 13.0 Å². The molecule has 0 aliphatic carbocycles. The summed E-state index contributed by atoms with van der Waals surface area (Å²) in [4.78, 5) is 33.6. The van der Waals surface area contributed by atoms with Gasteiger partial charge < -0.3 is 15.1 Å². The fraction of sp³-hybridized carbons (Fsp3) is 0.381. The Balaban J connectivity index is 1.71. The zero-order valence-corrected chi connectivity index (χ0v) is 16.2. The molecule has 0 unspecified atom stereocenters. The van der Waals surface area contributed by atoms with Crippen LogP contribution in [0.2, 0.25) is 0 Å². The Labute approximate surface area is 160 Å². The van der Waals surface area contributed by atoms with E-state index in [0.717, 1.165) is 36.4 Å². The molecular weight excluding hydrogens is 340 g/mol. The highest BCUT2D eigenvalue weighted by Gasteiger charge is 2.22. The van der Waals surface area contributed by atoms with Crippen molar-refractivity contribution in [1.82, 2.24) is 14.8 Å². The lowest BCUT2D eigenvalue weighted by atomic mass is 10.1. The van der Waals surface area contributed by atoms with E-state index in [0.29, 0.717) is 18.7 Å². The molecule has 1 aliphatic heterocycles. The minimum absolute atomic E-state index is 0.0476. The van der Waals surface area contributed by atoms with E-state index < -0.39 is 0 Å². The Kier molecular flexibility index (Phi) is 5.86. The number of hydrogen-bond acceptors (Lipinski definition) is 4. The fourth-order valence-corrected chi connectivity index (χ4v) is 3.38. The average molecular weight is 366 g/mol. The molecule has 0 saturated carbocycles. The Bertz CT molecular complexity index is 822. The molecule has 0 radical (unpaired) electrons. The smallest absolute Gasteiger partial charge is 0.274 e. The van der Waals surface area contributed by atoms with E-state index in [1.807, 2.05) is 36.9 Å². The molecule has 1 aliphatic rings.